The number of Topliss-reactive ketones (excluding diaryl/α,β-unsaturated/α-hetero) is 1. The highest BCUT2D eigenvalue weighted by atomic mass is 32.1. The number of aromatic nitrogens is 1. The van der Waals surface area contributed by atoms with Crippen LogP contribution < -0.4 is 4.48 Å². The average molecular weight is 538 g/mol. The molecular formula is C27H39B3NO6S+. The van der Waals surface area contributed by atoms with Gasteiger partial charge < -0.3 is 18.8 Å². The van der Waals surface area contributed by atoms with Crippen molar-refractivity contribution in [1.29, 1.82) is 0 Å². The zero-order valence-electron chi connectivity index (χ0n) is 23.7. The fourth-order valence-electron chi connectivity index (χ4n) is 5.61. The molecule has 2 aliphatic rings. The van der Waals surface area contributed by atoms with Gasteiger partial charge in [0.1, 0.15) is 11.9 Å². The molecule has 0 bridgehead atoms. The van der Waals surface area contributed by atoms with E-state index in [1.54, 1.807) is 36.6 Å². The van der Waals surface area contributed by atoms with Crippen LogP contribution in [-0.2, 0) is 28.4 Å². The maximum absolute atomic E-state index is 13.6. The fraction of sp³-hybridized carbons (Fsp3) is 0.741. The topological polar surface area (TPSA) is 78.2 Å². The van der Waals surface area contributed by atoms with E-state index < -0.39 is 35.6 Å². The summed E-state index contributed by atoms with van der Waals surface area (Å²) in [6.45, 7) is 13.2. The number of ketones is 1. The van der Waals surface area contributed by atoms with Crippen molar-refractivity contribution in [3.05, 3.63) is 21.7 Å². The number of hydrogen-bond acceptors (Lipinski definition) is 7. The maximum Gasteiger partial charge on any atom is 0.587 e. The Morgan fingerprint density at radius 3 is 2.47 bits per heavy atom. The summed E-state index contributed by atoms with van der Waals surface area (Å²) < 4.78 is 24.2. The van der Waals surface area contributed by atoms with Gasteiger partial charge in [-0.2, -0.15) is 0 Å². The van der Waals surface area contributed by atoms with Crippen molar-refractivity contribution in [1.82, 2.24) is 0 Å². The molecule has 2 saturated heterocycles. The highest BCUT2D eigenvalue weighted by Gasteiger charge is 2.53. The van der Waals surface area contributed by atoms with Crippen LogP contribution in [-0.4, -0.2) is 65.8 Å². The van der Waals surface area contributed by atoms with E-state index in [9.17, 15) is 9.59 Å². The fourth-order valence-corrected chi connectivity index (χ4v) is 6.30. The lowest BCUT2D eigenvalue weighted by molar-refractivity contribution is -0.525. The Morgan fingerprint density at radius 1 is 1.21 bits per heavy atom. The third-order valence-corrected chi connectivity index (χ3v) is 9.40. The maximum atomic E-state index is 13.6. The number of thiazole rings is 1. The molecule has 0 spiro atoms. The second-order valence-corrected chi connectivity index (χ2v) is 12.8. The van der Waals surface area contributed by atoms with E-state index in [1.807, 2.05) is 32.2 Å². The van der Waals surface area contributed by atoms with Gasteiger partial charge in [0.2, 0.25) is 5.01 Å². The van der Waals surface area contributed by atoms with Crippen LogP contribution in [0, 0.1) is 24.2 Å². The van der Waals surface area contributed by atoms with E-state index in [1.165, 1.54) is 0 Å². The van der Waals surface area contributed by atoms with Gasteiger partial charge in [0.05, 0.1) is 35.7 Å². The van der Waals surface area contributed by atoms with Crippen LogP contribution in [0.2, 0.25) is 0 Å². The van der Waals surface area contributed by atoms with E-state index >= 15 is 0 Å². The molecule has 0 amide bonds. The van der Waals surface area contributed by atoms with Gasteiger partial charge in [0, 0.05) is 30.8 Å². The second kappa shape index (κ2) is 12.4. The van der Waals surface area contributed by atoms with Crippen LogP contribution in [0.4, 0.5) is 0 Å². The first-order chi connectivity index (χ1) is 17.7. The van der Waals surface area contributed by atoms with Gasteiger partial charge in [-0.25, -0.2) is 0 Å². The Kier molecular flexibility index (Phi) is 10.2. The summed E-state index contributed by atoms with van der Waals surface area (Å²) in [4.78, 5) is 26.8. The van der Waals surface area contributed by atoms with Gasteiger partial charge in [-0.15, -0.1) is 0 Å². The number of fused-ring (bicyclic) bond motifs is 1. The Balaban J connectivity index is 1.92. The summed E-state index contributed by atoms with van der Waals surface area (Å²) in [5, 5.41) is 2.92. The minimum absolute atomic E-state index is 0.0422. The molecule has 7 atom stereocenters. The molecule has 2 fully saturated rings. The Morgan fingerprint density at radius 2 is 1.89 bits per heavy atom. The minimum atomic E-state index is -1.08. The van der Waals surface area contributed by atoms with Crippen molar-refractivity contribution in [3.63, 3.8) is 0 Å². The molecule has 0 N–H and O–H groups in total. The van der Waals surface area contributed by atoms with Crippen LogP contribution in [0.1, 0.15) is 84.3 Å². The van der Waals surface area contributed by atoms with Gasteiger partial charge in [0.15, 0.2) is 5.69 Å². The second-order valence-electron chi connectivity index (χ2n) is 11.7. The van der Waals surface area contributed by atoms with E-state index in [0.717, 1.165) is 35.5 Å². The molecule has 2 aliphatic heterocycles. The van der Waals surface area contributed by atoms with Gasteiger partial charge in [-0.1, -0.05) is 45.5 Å². The number of esters is 1. The Bertz CT molecular complexity index is 1050. The summed E-state index contributed by atoms with van der Waals surface area (Å²) in [5.41, 5.74) is 0.278. The largest absolute Gasteiger partial charge is 0.587 e. The molecule has 11 heteroatoms. The van der Waals surface area contributed by atoms with Crippen LogP contribution in [0.3, 0.4) is 0 Å². The lowest BCUT2D eigenvalue weighted by atomic mass is 9.72. The quantitative estimate of drug-likeness (QED) is 0.332. The summed E-state index contributed by atoms with van der Waals surface area (Å²) in [6.07, 6.45) is 2.83. The molecular weight excluding hydrogens is 499 g/mol. The molecule has 0 saturated carbocycles. The predicted octanol–water partition coefficient (Wildman–Crippen LogP) is 3.52. The lowest BCUT2D eigenvalue weighted by Gasteiger charge is -2.38. The first-order valence-electron chi connectivity index (χ1n) is 13.3. The van der Waals surface area contributed by atoms with Gasteiger partial charge in [-0.3, -0.25) is 14.1 Å². The van der Waals surface area contributed by atoms with Crippen molar-refractivity contribution < 1.29 is 32.8 Å². The number of carbonyl (C=O) groups is 2. The third kappa shape index (κ3) is 6.83. The first-order valence-corrected chi connectivity index (χ1v) is 14.2. The normalized spacial score (nSPS) is 35.4. The van der Waals surface area contributed by atoms with Crippen molar-refractivity contribution in [2.45, 2.75) is 111 Å². The highest BCUT2D eigenvalue weighted by Crippen LogP contribution is 2.45. The predicted molar refractivity (Wildman–Crippen MR) is 149 cm³/mol. The molecule has 1 aromatic rings. The zero-order chi connectivity index (χ0) is 28.4. The van der Waals surface area contributed by atoms with Crippen molar-refractivity contribution in [2.75, 3.05) is 0 Å². The summed E-state index contributed by atoms with van der Waals surface area (Å²) in [5.74, 6) is -1.13. The van der Waals surface area contributed by atoms with Crippen LogP contribution in [0.5, 0.6) is 0 Å². The molecule has 3 heterocycles. The molecule has 202 valence electrons. The number of nitrogens with zero attached hydrogens (tertiary/aromatic N) is 1. The van der Waals surface area contributed by atoms with E-state index in [4.69, 9.17) is 42.9 Å². The zero-order valence-corrected chi connectivity index (χ0v) is 24.5. The number of rotatable bonds is 4. The van der Waals surface area contributed by atoms with Gasteiger partial charge >= 0.3 is 14.0 Å². The molecule has 1 aromatic heterocycles. The summed E-state index contributed by atoms with van der Waals surface area (Å²) >= 11 is 1.54. The number of hydrogen-bond donors (Lipinski definition) is 0. The molecule has 38 heavy (non-hydrogen) atoms. The van der Waals surface area contributed by atoms with E-state index in [-0.39, 0.29) is 29.8 Å². The smallest absolute Gasteiger partial charge is 0.458 e. The molecule has 7 nitrogen and oxygen atoms in total. The van der Waals surface area contributed by atoms with Crippen LogP contribution >= 0.6 is 11.3 Å². The van der Waals surface area contributed by atoms with E-state index in [0.29, 0.717) is 6.42 Å². The molecule has 6 radical (unpaired) electrons. The van der Waals surface area contributed by atoms with Gasteiger partial charge in [-0.05, 0) is 38.2 Å². The van der Waals surface area contributed by atoms with Crippen molar-refractivity contribution >= 4 is 53.2 Å². The molecule has 0 aromatic carbocycles. The molecule has 0 unspecified atom stereocenters. The Hall–Kier alpha value is -1.42. The van der Waals surface area contributed by atoms with Gasteiger partial charge in [0.25, 0.3) is 16.1 Å². The summed E-state index contributed by atoms with van der Waals surface area (Å²) in [7, 11) is 17.4. The average Bonchev–Trinajstić information content (AvgIpc) is 3.39. The number of ether oxygens (including phenoxy) is 2. The van der Waals surface area contributed by atoms with Crippen molar-refractivity contribution in [2.24, 2.45) is 17.3 Å². The standard InChI is InChI=1S/C27H39B3NO6S/c1-15-9-8-10-27(7)22(35-27)12-20(16(2)11-19-14-38-18(4)31(19)28)34-23(32)13-21(36-29)26(5,6)25(33)17(3)24(15)37-30/h11,14-15,17,20-22,24H,8-10,12-13H2,1-7H3/q+1/b16-11+/t15-,17+,20-,21-,22-,24-,27+/m0/s1. The first kappa shape index (κ1) is 31.1. The number of epoxide rings is 1. The molecule has 3 rings (SSSR count). The van der Waals surface area contributed by atoms with Crippen molar-refractivity contribution in [3.8, 4) is 0 Å². The third-order valence-electron chi connectivity index (χ3n) is 8.50. The summed E-state index contributed by atoms with van der Waals surface area (Å²) in [6, 6.07) is 0. The SMILES string of the molecule is [B]O[C@H]1[C@@H](C)CCC[C@@]2(C)O[C@H]2C[C@@H](/C(C)=C/c2csc(C)[n+]2[B])OC(=O)C[C@H](O[B])C(C)(C)C(=O)[C@@H]1C. The number of cyclic esters (lactones) is 1. The minimum Gasteiger partial charge on any atom is -0.458 e. The van der Waals surface area contributed by atoms with E-state index in [2.05, 4.69) is 6.92 Å². The number of carbonyl (C=O) groups excluding carboxylic acids is 2. The number of aryl methyl sites for hydroxylation is 1. The lowest BCUT2D eigenvalue weighted by Crippen LogP contribution is -2.47. The van der Waals surface area contributed by atoms with Crippen LogP contribution in [0.15, 0.2) is 11.0 Å². The molecule has 0 aliphatic carbocycles. The van der Waals surface area contributed by atoms with Crippen LogP contribution in [0.25, 0.3) is 6.08 Å². The Labute approximate surface area is 235 Å². The monoisotopic (exact) mass is 538 g/mol. The highest BCUT2D eigenvalue weighted by molar-refractivity contribution is 7.09.